The van der Waals surface area contributed by atoms with E-state index < -0.39 is 0 Å². The van der Waals surface area contributed by atoms with E-state index in [1.807, 2.05) is 44.2 Å². The number of amides is 1. The maximum Gasteiger partial charge on any atom is 0.231 e. The summed E-state index contributed by atoms with van der Waals surface area (Å²) in [6, 6.07) is 12.7. The predicted octanol–water partition coefficient (Wildman–Crippen LogP) is 3.19. The van der Waals surface area contributed by atoms with Crippen LogP contribution in [-0.2, 0) is 4.79 Å². The van der Waals surface area contributed by atoms with E-state index in [1.54, 1.807) is 0 Å². The number of ether oxygens (including phenoxy) is 2. The Kier molecular flexibility index (Phi) is 6.08. The van der Waals surface area contributed by atoms with Gasteiger partial charge in [0.2, 0.25) is 12.7 Å². The zero-order valence-electron chi connectivity index (χ0n) is 17.4. The molecule has 4 rings (SSSR count). The maximum absolute atomic E-state index is 13.2. The number of benzene rings is 2. The van der Waals surface area contributed by atoms with Crippen molar-refractivity contribution in [1.82, 2.24) is 10.2 Å². The van der Waals surface area contributed by atoms with Gasteiger partial charge in [0.25, 0.3) is 0 Å². The molecule has 1 atom stereocenters. The molecule has 1 N–H and O–H groups in total. The Morgan fingerprint density at radius 1 is 1.03 bits per heavy atom. The average molecular weight is 413 g/mol. The van der Waals surface area contributed by atoms with Crippen LogP contribution in [0.1, 0.15) is 25.5 Å². The van der Waals surface area contributed by atoms with Gasteiger partial charge in [-0.3, -0.25) is 9.69 Å². The van der Waals surface area contributed by atoms with Crippen LogP contribution in [0.2, 0.25) is 0 Å². The molecular weight excluding hydrogens is 385 g/mol. The highest BCUT2D eigenvalue weighted by atomic mass is 19.1. The number of anilines is 1. The minimum absolute atomic E-state index is 0.0394. The van der Waals surface area contributed by atoms with Crippen molar-refractivity contribution in [2.75, 3.05) is 44.4 Å². The highest BCUT2D eigenvalue weighted by Crippen LogP contribution is 2.35. The van der Waals surface area contributed by atoms with Crippen molar-refractivity contribution in [2.45, 2.75) is 19.9 Å². The molecule has 2 aromatic carbocycles. The van der Waals surface area contributed by atoms with Crippen LogP contribution in [0.5, 0.6) is 11.5 Å². The van der Waals surface area contributed by atoms with Gasteiger partial charge in [0.1, 0.15) is 5.82 Å². The van der Waals surface area contributed by atoms with Crippen LogP contribution in [0, 0.1) is 11.7 Å². The molecule has 2 aromatic rings. The molecule has 0 aliphatic carbocycles. The summed E-state index contributed by atoms with van der Waals surface area (Å²) in [5.41, 5.74) is 2.13. The third-order valence-electron chi connectivity index (χ3n) is 5.72. The molecule has 30 heavy (non-hydrogen) atoms. The van der Waals surface area contributed by atoms with Gasteiger partial charge in [0, 0.05) is 44.3 Å². The first-order valence-electron chi connectivity index (χ1n) is 10.4. The van der Waals surface area contributed by atoms with Crippen molar-refractivity contribution >= 4 is 11.6 Å². The molecular formula is C23H28FN3O3. The van der Waals surface area contributed by atoms with Crippen LogP contribution >= 0.6 is 0 Å². The number of halogens is 1. The Hall–Kier alpha value is -2.80. The SMILES string of the molecule is CC(C)C(=O)NC[C@@H](c1ccc2c(c1)OCO2)N1CCN(c2ccc(F)cc2)CC1. The number of nitrogens with zero attached hydrogens (tertiary/aromatic N) is 2. The maximum atomic E-state index is 13.2. The summed E-state index contributed by atoms with van der Waals surface area (Å²) in [4.78, 5) is 16.9. The van der Waals surface area contributed by atoms with Crippen LogP contribution in [0.4, 0.5) is 10.1 Å². The van der Waals surface area contributed by atoms with E-state index >= 15 is 0 Å². The number of piperazine rings is 1. The first kappa shape index (κ1) is 20.5. The van der Waals surface area contributed by atoms with Crippen molar-refractivity contribution in [3.8, 4) is 11.5 Å². The summed E-state index contributed by atoms with van der Waals surface area (Å²) in [5.74, 6) is 1.27. The summed E-state index contributed by atoms with van der Waals surface area (Å²) in [7, 11) is 0. The highest BCUT2D eigenvalue weighted by Gasteiger charge is 2.27. The molecule has 0 spiro atoms. The lowest BCUT2D eigenvalue weighted by Crippen LogP contribution is -2.50. The van der Waals surface area contributed by atoms with E-state index in [4.69, 9.17) is 9.47 Å². The second-order valence-corrected chi connectivity index (χ2v) is 8.03. The lowest BCUT2D eigenvalue weighted by atomic mass is 10.0. The van der Waals surface area contributed by atoms with Crippen LogP contribution in [-0.4, -0.2) is 50.3 Å². The van der Waals surface area contributed by atoms with Gasteiger partial charge < -0.3 is 19.7 Å². The Morgan fingerprint density at radius 3 is 2.43 bits per heavy atom. The topological polar surface area (TPSA) is 54.0 Å². The fourth-order valence-corrected chi connectivity index (χ4v) is 3.92. The Labute approximate surface area is 176 Å². The van der Waals surface area contributed by atoms with Gasteiger partial charge in [-0.2, -0.15) is 0 Å². The molecule has 2 aliphatic rings. The van der Waals surface area contributed by atoms with Crippen LogP contribution in [0.3, 0.4) is 0 Å². The molecule has 2 heterocycles. The Bertz CT molecular complexity index is 880. The van der Waals surface area contributed by atoms with Gasteiger partial charge in [0.05, 0.1) is 6.04 Å². The molecule has 0 radical (unpaired) electrons. The number of carbonyl (C=O) groups excluding carboxylic acids is 1. The predicted molar refractivity (Wildman–Crippen MR) is 113 cm³/mol. The Morgan fingerprint density at radius 2 is 1.73 bits per heavy atom. The third kappa shape index (κ3) is 4.51. The van der Waals surface area contributed by atoms with Gasteiger partial charge in [-0.05, 0) is 42.0 Å². The molecule has 7 heteroatoms. The fourth-order valence-electron chi connectivity index (χ4n) is 3.92. The van der Waals surface area contributed by atoms with E-state index in [-0.39, 0.29) is 30.5 Å². The summed E-state index contributed by atoms with van der Waals surface area (Å²) < 4.78 is 24.2. The zero-order valence-corrected chi connectivity index (χ0v) is 17.4. The van der Waals surface area contributed by atoms with Crippen LogP contribution in [0.15, 0.2) is 42.5 Å². The molecule has 1 saturated heterocycles. The van der Waals surface area contributed by atoms with Gasteiger partial charge in [-0.1, -0.05) is 19.9 Å². The second-order valence-electron chi connectivity index (χ2n) is 8.03. The molecule has 0 aromatic heterocycles. The van der Waals surface area contributed by atoms with E-state index in [2.05, 4.69) is 15.1 Å². The van der Waals surface area contributed by atoms with Gasteiger partial charge in [-0.15, -0.1) is 0 Å². The van der Waals surface area contributed by atoms with E-state index in [1.165, 1.54) is 12.1 Å². The van der Waals surface area contributed by atoms with Crippen molar-refractivity contribution in [3.05, 3.63) is 53.8 Å². The van der Waals surface area contributed by atoms with Crippen molar-refractivity contribution in [1.29, 1.82) is 0 Å². The van der Waals surface area contributed by atoms with Gasteiger partial charge in [-0.25, -0.2) is 4.39 Å². The smallest absolute Gasteiger partial charge is 0.231 e. The van der Waals surface area contributed by atoms with E-state index in [0.717, 1.165) is 48.9 Å². The summed E-state index contributed by atoms with van der Waals surface area (Å²) in [6.07, 6.45) is 0. The summed E-state index contributed by atoms with van der Waals surface area (Å²) >= 11 is 0. The quantitative estimate of drug-likeness (QED) is 0.788. The van der Waals surface area contributed by atoms with Gasteiger partial charge in [0.15, 0.2) is 11.5 Å². The van der Waals surface area contributed by atoms with E-state index in [9.17, 15) is 9.18 Å². The lowest BCUT2D eigenvalue weighted by Gasteiger charge is -2.40. The number of nitrogens with one attached hydrogen (secondary N) is 1. The molecule has 2 aliphatic heterocycles. The number of carbonyl (C=O) groups is 1. The number of hydrogen-bond acceptors (Lipinski definition) is 5. The average Bonchev–Trinajstić information content (AvgIpc) is 3.23. The van der Waals surface area contributed by atoms with Gasteiger partial charge >= 0.3 is 0 Å². The summed E-state index contributed by atoms with van der Waals surface area (Å²) in [6.45, 7) is 7.92. The number of fused-ring (bicyclic) bond motifs is 1. The fraction of sp³-hybridized carbons (Fsp3) is 0.435. The number of hydrogen-bond donors (Lipinski definition) is 1. The molecule has 1 fully saturated rings. The van der Waals surface area contributed by atoms with Crippen molar-refractivity contribution in [3.63, 3.8) is 0 Å². The standard InChI is InChI=1S/C23H28FN3O3/c1-16(2)23(28)25-14-20(17-3-8-21-22(13-17)30-15-29-21)27-11-9-26(10-12-27)19-6-4-18(24)5-7-19/h3-8,13,16,20H,9-12,14-15H2,1-2H3,(H,25,28)/t20-/m0/s1. The first-order chi connectivity index (χ1) is 14.5. The molecule has 0 bridgehead atoms. The lowest BCUT2D eigenvalue weighted by molar-refractivity contribution is -0.124. The van der Waals surface area contributed by atoms with Crippen molar-refractivity contribution < 1.29 is 18.7 Å². The number of rotatable bonds is 6. The zero-order chi connectivity index (χ0) is 21.1. The molecule has 1 amide bonds. The molecule has 0 saturated carbocycles. The molecule has 0 unspecified atom stereocenters. The molecule has 160 valence electrons. The highest BCUT2D eigenvalue weighted by molar-refractivity contribution is 5.77. The first-order valence-corrected chi connectivity index (χ1v) is 10.4. The minimum Gasteiger partial charge on any atom is -0.454 e. The monoisotopic (exact) mass is 413 g/mol. The second kappa shape index (κ2) is 8.92. The molecule has 6 nitrogen and oxygen atoms in total. The Balaban J connectivity index is 1.48. The van der Waals surface area contributed by atoms with Crippen molar-refractivity contribution in [2.24, 2.45) is 5.92 Å². The summed E-state index contributed by atoms with van der Waals surface area (Å²) in [5, 5.41) is 3.09. The largest absolute Gasteiger partial charge is 0.454 e. The normalized spacial score (nSPS) is 17.3. The third-order valence-corrected chi connectivity index (χ3v) is 5.72. The minimum atomic E-state index is -0.221. The van der Waals surface area contributed by atoms with Crippen LogP contribution < -0.4 is 19.7 Å². The van der Waals surface area contributed by atoms with E-state index in [0.29, 0.717) is 6.54 Å². The van der Waals surface area contributed by atoms with Crippen LogP contribution in [0.25, 0.3) is 0 Å².